The van der Waals surface area contributed by atoms with Gasteiger partial charge in [-0.2, -0.15) is 0 Å². The molecule has 2 heterocycles. The van der Waals surface area contributed by atoms with Crippen LogP contribution in [-0.4, -0.2) is 33.0 Å². The fraction of sp³-hybridized carbons (Fsp3) is 0.545. The number of piperidine rings is 1. The molecule has 0 saturated carbocycles. The van der Waals surface area contributed by atoms with Crippen LogP contribution in [0.2, 0.25) is 0 Å². The van der Waals surface area contributed by atoms with Crippen molar-refractivity contribution in [2.75, 3.05) is 19.6 Å². The zero-order valence-electron chi connectivity index (χ0n) is 9.89. The van der Waals surface area contributed by atoms with Crippen molar-refractivity contribution in [2.24, 2.45) is 5.92 Å². The van der Waals surface area contributed by atoms with Gasteiger partial charge in [0.1, 0.15) is 10.7 Å². The van der Waals surface area contributed by atoms with Gasteiger partial charge in [-0.1, -0.05) is 0 Å². The molecule has 2 rings (SSSR count). The molecule has 0 unspecified atom stereocenters. The first-order valence-electron chi connectivity index (χ1n) is 5.89. The van der Waals surface area contributed by atoms with Crippen molar-refractivity contribution in [2.45, 2.75) is 17.7 Å². The quantitative estimate of drug-likeness (QED) is 0.838. The molecule has 0 atom stereocenters. The first kappa shape index (κ1) is 13.4. The lowest BCUT2D eigenvalue weighted by Gasteiger charge is -2.22. The summed E-state index contributed by atoms with van der Waals surface area (Å²) in [6, 6.07) is 0.970. The van der Waals surface area contributed by atoms with Gasteiger partial charge < -0.3 is 5.32 Å². The second-order valence-electron chi connectivity index (χ2n) is 4.38. The summed E-state index contributed by atoms with van der Waals surface area (Å²) in [7, 11) is -3.66. The van der Waals surface area contributed by atoms with Gasteiger partial charge in [-0.25, -0.2) is 17.5 Å². The van der Waals surface area contributed by atoms with Crippen molar-refractivity contribution in [1.82, 2.24) is 15.0 Å². The minimum Gasteiger partial charge on any atom is -0.317 e. The number of hydrogen-bond donors (Lipinski definition) is 2. The molecule has 5 nitrogen and oxygen atoms in total. The first-order valence-corrected chi connectivity index (χ1v) is 7.37. The minimum atomic E-state index is -3.66. The molecule has 1 aromatic heterocycles. The number of nitrogens with one attached hydrogen (secondary N) is 2. The van der Waals surface area contributed by atoms with Crippen LogP contribution in [0.15, 0.2) is 23.4 Å². The van der Waals surface area contributed by atoms with Crippen molar-refractivity contribution >= 4 is 10.0 Å². The number of aromatic nitrogens is 1. The van der Waals surface area contributed by atoms with Crippen LogP contribution < -0.4 is 10.0 Å². The summed E-state index contributed by atoms with van der Waals surface area (Å²) < 4.78 is 39.2. The van der Waals surface area contributed by atoms with Crippen LogP contribution in [0.4, 0.5) is 4.39 Å². The van der Waals surface area contributed by atoms with Crippen LogP contribution in [0.25, 0.3) is 0 Å². The Bertz CT molecular complexity index is 501. The molecule has 7 heteroatoms. The van der Waals surface area contributed by atoms with E-state index in [1.54, 1.807) is 0 Å². The molecule has 2 N–H and O–H groups in total. The van der Waals surface area contributed by atoms with E-state index in [2.05, 4.69) is 15.0 Å². The summed E-state index contributed by atoms with van der Waals surface area (Å²) in [5, 5.41) is 3.21. The third-order valence-electron chi connectivity index (χ3n) is 3.01. The van der Waals surface area contributed by atoms with Crippen molar-refractivity contribution in [3.63, 3.8) is 0 Å². The number of nitrogens with zero attached hydrogens (tertiary/aromatic N) is 1. The predicted octanol–water partition coefficient (Wildman–Crippen LogP) is 0.499. The Morgan fingerprint density at radius 2 is 2.11 bits per heavy atom. The molecule has 1 aromatic rings. The maximum atomic E-state index is 12.9. The molecule has 1 fully saturated rings. The van der Waals surface area contributed by atoms with E-state index in [-0.39, 0.29) is 4.90 Å². The lowest BCUT2D eigenvalue weighted by atomic mass is 9.99. The number of hydrogen-bond acceptors (Lipinski definition) is 4. The van der Waals surface area contributed by atoms with Crippen molar-refractivity contribution < 1.29 is 12.8 Å². The van der Waals surface area contributed by atoms with E-state index < -0.39 is 15.8 Å². The molecular formula is C11H16FN3O2S. The second-order valence-corrected chi connectivity index (χ2v) is 6.15. The highest BCUT2D eigenvalue weighted by atomic mass is 32.2. The molecule has 0 spiro atoms. The number of pyridine rings is 1. The van der Waals surface area contributed by atoms with Crippen molar-refractivity contribution in [3.05, 3.63) is 24.3 Å². The standard InChI is InChI=1S/C11H16FN3O2S/c12-10-5-11(8-14-7-10)18(16,17)15-6-9-1-3-13-4-2-9/h5,7-9,13,15H,1-4,6H2. The van der Waals surface area contributed by atoms with E-state index in [1.807, 2.05) is 0 Å². The highest BCUT2D eigenvalue weighted by Crippen LogP contribution is 2.13. The summed E-state index contributed by atoms with van der Waals surface area (Å²) in [5.41, 5.74) is 0. The first-order chi connectivity index (χ1) is 8.58. The maximum Gasteiger partial charge on any atom is 0.242 e. The van der Waals surface area contributed by atoms with Crippen LogP contribution >= 0.6 is 0 Å². The van der Waals surface area contributed by atoms with E-state index in [0.717, 1.165) is 44.4 Å². The summed E-state index contributed by atoms with van der Waals surface area (Å²) in [4.78, 5) is 3.41. The Morgan fingerprint density at radius 3 is 2.78 bits per heavy atom. The van der Waals surface area contributed by atoms with Gasteiger partial charge in [-0.3, -0.25) is 4.98 Å². The predicted molar refractivity (Wildman–Crippen MR) is 65.0 cm³/mol. The summed E-state index contributed by atoms with van der Waals surface area (Å²) >= 11 is 0. The summed E-state index contributed by atoms with van der Waals surface area (Å²) in [6.07, 6.45) is 4.02. The topological polar surface area (TPSA) is 71.1 Å². The Labute approximate surface area is 106 Å². The lowest BCUT2D eigenvalue weighted by molar-refractivity contribution is 0.372. The summed E-state index contributed by atoms with van der Waals surface area (Å²) in [5.74, 6) is -0.317. The largest absolute Gasteiger partial charge is 0.317 e. The molecule has 1 aliphatic heterocycles. The lowest BCUT2D eigenvalue weighted by Crippen LogP contribution is -2.36. The zero-order chi connectivity index (χ0) is 13.0. The number of sulfonamides is 1. The Balaban J connectivity index is 1.98. The normalized spacial score (nSPS) is 17.8. The van der Waals surface area contributed by atoms with Crippen LogP contribution in [0, 0.1) is 11.7 Å². The van der Waals surface area contributed by atoms with Gasteiger partial charge in [0.15, 0.2) is 0 Å². The van der Waals surface area contributed by atoms with Gasteiger partial charge in [0.25, 0.3) is 0 Å². The van der Waals surface area contributed by atoms with E-state index >= 15 is 0 Å². The molecule has 0 amide bonds. The number of rotatable bonds is 4. The second kappa shape index (κ2) is 5.73. The Kier molecular flexibility index (Phi) is 4.26. The van der Waals surface area contributed by atoms with Gasteiger partial charge in [0.05, 0.1) is 6.20 Å². The minimum absolute atomic E-state index is 0.128. The third-order valence-corrected chi connectivity index (χ3v) is 4.40. The highest BCUT2D eigenvalue weighted by molar-refractivity contribution is 7.89. The Hall–Kier alpha value is -1.05. The maximum absolute atomic E-state index is 12.9. The smallest absolute Gasteiger partial charge is 0.242 e. The van der Waals surface area contributed by atoms with Gasteiger partial charge in [0.2, 0.25) is 10.0 Å². The molecular weight excluding hydrogens is 257 g/mol. The van der Waals surface area contributed by atoms with Crippen LogP contribution in [0.5, 0.6) is 0 Å². The van der Waals surface area contributed by atoms with E-state index in [0.29, 0.717) is 12.5 Å². The number of halogens is 1. The van der Waals surface area contributed by atoms with Crippen molar-refractivity contribution in [1.29, 1.82) is 0 Å². The average Bonchev–Trinajstić information content (AvgIpc) is 2.38. The Morgan fingerprint density at radius 1 is 1.39 bits per heavy atom. The van der Waals surface area contributed by atoms with Crippen LogP contribution in [0.1, 0.15) is 12.8 Å². The molecule has 1 saturated heterocycles. The third kappa shape index (κ3) is 3.47. The van der Waals surface area contributed by atoms with Gasteiger partial charge in [-0.15, -0.1) is 0 Å². The van der Waals surface area contributed by atoms with E-state index in [4.69, 9.17) is 0 Å². The van der Waals surface area contributed by atoms with Crippen LogP contribution in [0.3, 0.4) is 0 Å². The molecule has 0 radical (unpaired) electrons. The average molecular weight is 273 g/mol. The zero-order valence-corrected chi connectivity index (χ0v) is 10.7. The molecule has 0 aliphatic carbocycles. The summed E-state index contributed by atoms with van der Waals surface area (Å²) in [6.45, 7) is 2.21. The molecule has 0 aromatic carbocycles. The van der Waals surface area contributed by atoms with Crippen LogP contribution in [-0.2, 0) is 10.0 Å². The fourth-order valence-electron chi connectivity index (χ4n) is 1.94. The molecule has 0 bridgehead atoms. The fourth-order valence-corrected chi connectivity index (χ4v) is 3.03. The highest BCUT2D eigenvalue weighted by Gasteiger charge is 2.19. The monoisotopic (exact) mass is 273 g/mol. The SMILES string of the molecule is O=S(=O)(NCC1CCNCC1)c1cncc(F)c1. The molecule has 18 heavy (non-hydrogen) atoms. The molecule has 100 valence electrons. The van der Waals surface area contributed by atoms with Gasteiger partial charge in [0, 0.05) is 12.7 Å². The van der Waals surface area contributed by atoms with Gasteiger partial charge >= 0.3 is 0 Å². The molecule has 1 aliphatic rings. The van der Waals surface area contributed by atoms with E-state index in [1.165, 1.54) is 0 Å². The van der Waals surface area contributed by atoms with E-state index in [9.17, 15) is 12.8 Å². The van der Waals surface area contributed by atoms with Crippen molar-refractivity contribution in [3.8, 4) is 0 Å². The van der Waals surface area contributed by atoms with Gasteiger partial charge in [-0.05, 0) is 37.9 Å².